The quantitative estimate of drug-likeness (QED) is 0.927. The van der Waals surface area contributed by atoms with E-state index in [4.69, 9.17) is 5.11 Å². The molecule has 20 heavy (non-hydrogen) atoms. The number of carboxylic acids is 1. The van der Waals surface area contributed by atoms with Crippen LogP contribution >= 0.6 is 0 Å². The van der Waals surface area contributed by atoms with E-state index in [2.05, 4.69) is 15.0 Å². The molecule has 0 aliphatic carbocycles. The second-order valence-corrected chi connectivity index (χ2v) is 4.95. The normalized spacial score (nSPS) is 10.6. The molecule has 0 atom stereocenters. The van der Waals surface area contributed by atoms with E-state index in [1.807, 2.05) is 19.9 Å². The Labute approximate surface area is 117 Å². The minimum Gasteiger partial charge on any atom is -0.481 e. The first-order valence-electron chi connectivity index (χ1n) is 6.38. The van der Waals surface area contributed by atoms with E-state index in [1.54, 1.807) is 20.0 Å². The van der Waals surface area contributed by atoms with Crippen molar-refractivity contribution in [3.05, 3.63) is 40.3 Å². The van der Waals surface area contributed by atoms with E-state index in [0.29, 0.717) is 22.8 Å². The minimum atomic E-state index is -0.878. The molecular weight excluding hydrogens is 254 g/mol. The predicted molar refractivity (Wildman–Crippen MR) is 75.6 cm³/mol. The molecule has 1 N–H and O–H groups in total. The van der Waals surface area contributed by atoms with Crippen molar-refractivity contribution in [2.24, 2.45) is 0 Å². The van der Waals surface area contributed by atoms with Crippen LogP contribution in [-0.2, 0) is 11.2 Å². The van der Waals surface area contributed by atoms with E-state index in [0.717, 1.165) is 16.8 Å². The zero-order valence-corrected chi connectivity index (χ0v) is 12.1. The lowest BCUT2D eigenvalue weighted by Crippen LogP contribution is -2.09. The fraction of sp³-hybridized carbons (Fsp3) is 0.333. The molecule has 0 unspecified atom stereocenters. The second kappa shape index (κ2) is 5.36. The fourth-order valence-electron chi connectivity index (χ4n) is 2.20. The van der Waals surface area contributed by atoms with Gasteiger partial charge in [-0.1, -0.05) is 6.07 Å². The number of rotatable bonds is 3. The molecule has 0 spiro atoms. The third kappa shape index (κ3) is 2.82. The lowest BCUT2D eigenvalue weighted by Gasteiger charge is -2.10. The number of pyridine rings is 1. The third-order valence-electron chi connectivity index (χ3n) is 3.18. The molecule has 2 aromatic rings. The molecular formula is C15H17N3O2. The first kappa shape index (κ1) is 14.1. The van der Waals surface area contributed by atoms with Crippen LogP contribution in [0.15, 0.2) is 12.3 Å². The molecule has 0 saturated heterocycles. The number of carbonyl (C=O) groups is 1. The smallest absolute Gasteiger partial charge is 0.307 e. The SMILES string of the molecule is Cc1cnc(-c2nc(C)c(CC(=O)O)c(C)n2)c(C)c1. The van der Waals surface area contributed by atoms with Crippen molar-refractivity contribution in [2.75, 3.05) is 0 Å². The number of hydrogen-bond acceptors (Lipinski definition) is 4. The standard InChI is InChI=1S/C15H17N3O2/c1-8-5-9(2)14(16-7-8)15-17-10(3)12(6-13(19)20)11(4)18-15/h5,7H,6H2,1-4H3,(H,19,20). The Morgan fingerprint density at radius 1 is 1.15 bits per heavy atom. The van der Waals surface area contributed by atoms with Gasteiger partial charge in [0.2, 0.25) is 0 Å². The van der Waals surface area contributed by atoms with Crippen LogP contribution in [0.2, 0.25) is 0 Å². The molecule has 0 radical (unpaired) electrons. The lowest BCUT2D eigenvalue weighted by atomic mass is 10.1. The zero-order valence-electron chi connectivity index (χ0n) is 12.1. The van der Waals surface area contributed by atoms with Crippen LogP contribution in [0.4, 0.5) is 0 Å². The largest absolute Gasteiger partial charge is 0.481 e. The Hall–Kier alpha value is -2.30. The second-order valence-electron chi connectivity index (χ2n) is 4.95. The fourth-order valence-corrected chi connectivity index (χ4v) is 2.20. The summed E-state index contributed by atoms with van der Waals surface area (Å²) in [6.07, 6.45) is 1.72. The van der Waals surface area contributed by atoms with Crippen molar-refractivity contribution in [1.29, 1.82) is 0 Å². The Kier molecular flexibility index (Phi) is 3.79. The van der Waals surface area contributed by atoms with Crippen molar-refractivity contribution < 1.29 is 9.90 Å². The average Bonchev–Trinajstić information content (AvgIpc) is 2.33. The van der Waals surface area contributed by atoms with Crippen LogP contribution in [0.5, 0.6) is 0 Å². The molecule has 0 bridgehead atoms. The number of aromatic nitrogens is 3. The van der Waals surface area contributed by atoms with Crippen molar-refractivity contribution in [3.63, 3.8) is 0 Å². The first-order valence-corrected chi connectivity index (χ1v) is 6.38. The van der Waals surface area contributed by atoms with Gasteiger partial charge in [-0.3, -0.25) is 9.78 Å². The van der Waals surface area contributed by atoms with Gasteiger partial charge in [0.25, 0.3) is 0 Å². The van der Waals surface area contributed by atoms with Crippen LogP contribution in [0.3, 0.4) is 0 Å². The first-order chi connectivity index (χ1) is 9.38. The highest BCUT2D eigenvalue weighted by Crippen LogP contribution is 2.21. The maximum absolute atomic E-state index is 10.9. The summed E-state index contributed by atoms with van der Waals surface area (Å²) in [5.41, 5.74) is 4.89. The van der Waals surface area contributed by atoms with Crippen LogP contribution < -0.4 is 0 Å². The summed E-state index contributed by atoms with van der Waals surface area (Å²) in [6, 6.07) is 2.03. The molecule has 5 heteroatoms. The molecule has 0 aromatic carbocycles. The van der Waals surface area contributed by atoms with Crippen molar-refractivity contribution in [2.45, 2.75) is 34.1 Å². The third-order valence-corrected chi connectivity index (χ3v) is 3.18. The van der Waals surface area contributed by atoms with Crippen LogP contribution in [-0.4, -0.2) is 26.0 Å². The molecule has 0 amide bonds. The van der Waals surface area contributed by atoms with Gasteiger partial charge in [0, 0.05) is 23.1 Å². The van der Waals surface area contributed by atoms with Gasteiger partial charge in [-0.25, -0.2) is 9.97 Å². The number of hydrogen-bond donors (Lipinski definition) is 1. The summed E-state index contributed by atoms with van der Waals surface area (Å²) in [7, 11) is 0. The molecule has 0 aliphatic rings. The van der Waals surface area contributed by atoms with Crippen molar-refractivity contribution >= 4 is 5.97 Å². The number of nitrogens with zero attached hydrogens (tertiary/aromatic N) is 3. The van der Waals surface area contributed by atoms with E-state index in [-0.39, 0.29) is 6.42 Å². The zero-order chi connectivity index (χ0) is 14.9. The van der Waals surface area contributed by atoms with E-state index in [1.165, 1.54) is 0 Å². The Balaban J connectivity index is 2.52. The van der Waals surface area contributed by atoms with Gasteiger partial charge in [-0.2, -0.15) is 0 Å². The summed E-state index contributed by atoms with van der Waals surface area (Å²) in [5, 5.41) is 8.91. The predicted octanol–water partition coefficient (Wildman–Crippen LogP) is 2.40. The highest BCUT2D eigenvalue weighted by atomic mass is 16.4. The molecule has 0 saturated carbocycles. The molecule has 2 heterocycles. The number of aryl methyl sites for hydroxylation is 4. The lowest BCUT2D eigenvalue weighted by molar-refractivity contribution is -0.136. The number of carboxylic acid groups (broad SMARTS) is 1. The van der Waals surface area contributed by atoms with Gasteiger partial charge < -0.3 is 5.11 Å². The van der Waals surface area contributed by atoms with E-state index >= 15 is 0 Å². The minimum absolute atomic E-state index is 0.0573. The summed E-state index contributed by atoms with van der Waals surface area (Å²) in [6.45, 7) is 7.56. The molecule has 2 rings (SSSR count). The summed E-state index contributed by atoms with van der Waals surface area (Å²) in [5.74, 6) is -0.330. The topological polar surface area (TPSA) is 76.0 Å². The van der Waals surface area contributed by atoms with Gasteiger partial charge in [0.1, 0.15) is 5.69 Å². The van der Waals surface area contributed by atoms with Crippen LogP contribution in [0, 0.1) is 27.7 Å². The summed E-state index contributed by atoms with van der Waals surface area (Å²) in [4.78, 5) is 24.1. The highest BCUT2D eigenvalue weighted by Gasteiger charge is 2.14. The van der Waals surface area contributed by atoms with Crippen molar-refractivity contribution in [3.8, 4) is 11.5 Å². The van der Waals surface area contributed by atoms with Crippen LogP contribution in [0.1, 0.15) is 28.1 Å². The Morgan fingerprint density at radius 3 is 2.25 bits per heavy atom. The Morgan fingerprint density at radius 2 is 1.75 bits per heavy atom. The van der Waals surface area contributed by atoms with Gasteiger partial charge >= 0.3 is 5.97 Å². The highest BCUT2D eigenvalue weighted by molar-refractivity contribution is 5.71. The summed E-state index contributed by atoms with van der Waals surface area (Å²) < 4.78 is 0. The Bertz CT molecular complexity index is 658. The van der Waals surface area contributed by atoms with Gasteiger partial charge in [-0.15, -0.1) is 0 Å². The molecule has 5 nitrogen and oxygen atoms in total. The maximum Gasteiger partial charge on any atom is 0.307 e. The van der Waals surface area contributed by atoms with Gasteiger partial charge in [0.05, 0.1) is 6.42 Å². The van der Waals surface area contributed by atoms with Crippen molar-refractivity contribution in [1.82, 2.24) is 15.0 Å². The molecule has 104 valence electrons. The maximum atomic E-state index is 10.9. The molecule has 2 aromatic heterocycles. The summed E-state index contributed by atoms with van der Waals surface area (Å²) >= 11 is 0. The number of aliphatic carboxylic acids is 1. The van der Waals surface area contributed by atoms with Gasteiger partial charge in [-0.05, 0) is 38.8 Å². The molecule has 0 aliphatic heterocycles. The van der Waals surface area contributed by atoms with E-state index in [9.17, 15) is 4.79 Å². The van der Waals surface area contributed by atoms with Crippen LogP contribution in [0.25, 0.3) is 11.5 Å². The molecule has 0 fully saturated rings. The average molecular weight is 271 g/mol. The monoisotopic (exact) mass is 271 g/mol. The van der Waals surface area contributed by atoms with Gasteiger partial charge in [0.15, 0.2) is 5.82 Å². The van der Waals surface area contributed by atoms with E-state index < -0.39 is 5.97 Å².